The smallest absolute Gasteiger partial charge is 0.261 e. The fourth-order valence-corrected chi connectivity index (χ4v) is 2.69. The molecule has 0 radical (unpaired) electrons. The number of phenols is 1. The Balaban J connectivity index is 1.35. The largest absolute Gasteiger partial charge is 0.508 e. The van der Waals surface area contributed by atoms with Crippen LogP contribution in [0, 0.1) is 0 Å². The van der Waals surface area contributed by atoms with Crippen LogP contribution in [0.2, 0.25) is 0 Å². The molecule has 0 saturated heterocycles. The topological polar surface area (TPSA) is 113 Å². The van der Waals surface area contributed by atoms with E-state index in [1.807, 2.05) is 30.3 Å². The van der Waals surface area contributed by atoms with Crippen LogP contribution in [-0.4, -0.2) is 31.2 Å². The summed E-state index contributed by atoms with van der Waals surface area (Å²) in [6.45, 7) is 0. The average Bonchev–Trinajstić information content (AvgIpc) is 2.73. The van der Waals surface area contributed by atoms with Crippen molar-refractivity contribution >= 4 is 22.8 Å². The third-order valence-electron chi connectivity index (χ3n) is 4.07. The first-order valence-electron chi connectivity index (χ1n) is 8.55. The van der Waals surface area contributed by atoms with E-state index in [0.717, 1.165) is 22.0 Å². The van der Waals surface area contributed by atoms with Gasteiger partial charge in [0.05, 0.1) is 18.1 Å². The molecular weight excluding hydrogens is 356 g/mol. The van der Waals surface area contributed by atoms with Gasteiger partial charge in [0.2, 0.25) is 5.91 Å². The Morgan fingerprint density at radius 2 is 1.86 bits per heavy atom. The minimum Gasteiger partial charge on any atom is -0.508 e. The van der Waals surface area contributed by atoms with Crippen molar-refractivity contribution in [2.45, 2.75) is 6.42 Å². The van der Waals surface area contributed by atoms with Crippen LogP contribution in [0.1, 0.15) is 5.56 Å². The Hall–Kier alpha value is -4.07. The quantitative estimate of drug-likeness (QED) is 0.461. The van der Waals surface area contributed by atoms with Crippen molar-refractivity contribution in [3.8, 4) is 17.0 Å². The number of anilines is 1. The van der Waals surface area contributed by atoms with Crippen LogP contribution < -0.4 is 10.9 Å². The van der Waals surface area contributed by atoms with Gasteiger partial charge in [0.15, 0.2) is 0 Å². The number of nitrogens with one attached hydrogen (secondary N) is 2. The number of nitrogens with zero attached hydrogens (tertiary/aromatic N) is 4. The number of amides is 1. The molecule has 4 rings (SSSR count). The van der Waals surface area contributed by atoms with Gasteiger partial charge in [-0.3, -0.25) is 20.6 Å². The van der Waals surface area contributed by atoms with Gasteiger partial charge in [-0.25, -0.2) is 4.98 Å². The Kier molecular flexibility index (Phi) is 4.75. The summed E-state index contributed by atoms with van der Waals surface area (Å²) in [7, 11) is 0. The van der Waals surface area contributed by atoms with Gasteiger partial charge in [-0.1, -0.05) is 12.1 Å². The molecule has 2 aromatic carbocycles. The lowest BCUT2D eigenvalue weighted by Crippen LogP contribution is -2.31. The number of carbonyl (C=O) groups is 1. The van der Waals surface area contributed by atoms with E-state index in [1.165, 1.54) is 6.20 Å². The van der Waals surface area contributed by atoms with Crippen LogP contribution in [0.4, 0.5) is 5.95 Å². The number of benzene rings is 2. The van der Waals surface area contributed by atoms with Crippen molar-refractivity contribution in [3.05, 3.63) is 72.6 Å². The summed E-state index contributed by atoms with van der Waals surface area (Å²) in [4.78, 5) is 20.5. The first-order chi connectivity index (χ1) is 13.7. The van der Waals surface area contributed by atoms with Crippen molar-refractivity contribution in [1.82, 2.24) is 25.6 Å². The summed E-state index contributed by atoms with van der Waals surface area (Å²) in [6, 6.07) is 16.1. The predicted octanol–water partition coefficient (Wildman–Crippen LogP) is 2.48. The van der Waals surface area contributed by atoms with E-state index in [4.69, 9.17) is 0 Å². The molecule has 0 saturated carbocycles. The summed E-state index contributed by atoms with van der Waals surface area (Å²) in [5.41, 5.74) is 8.31. The molecule has 8 heteroatoms. The Bertz CT molecular complexity index is 1110. The number of hydrogen-bond acceptors (Lipinski definition) is 7. The van der Waals surface area contributed by atoms with E-state index in [1.54, 1.807) is 30.5 Å². The highest BCUT2D eigenvalue weighted by Gasteiger charge is 2.06. The van der Waals surface area contributed by atoms with Gasteiger partial charge in [0.25, 0.3) is 5.95 Å². The number of phenolic OH excluding ortho intramolecular Hbond substituents is 1. The molecule has 0 bridgehead atoms. The maximum atomic E-state index is 12.2. The summed E-state index contributed by atoms with van der Waals surface area (Å²) in [5.74, 6) is 0.126. The molecule has 0 aliphatic heterocycles. The van der Waals surface area contributed by atoms with Crippen LogP contribution in [0.15, 0.2) is 67.0 Å². The number of carbonyl (C=O) groups excluding carboxylic acids is 1. The van der Waals surface area contributed by atoms with Gasteiger partial charge in [-0.15, -0.1) is 10.2 Å². The lowest BCUT2D eigenvalue weighted by atomic mass is 10.1. The molecule has 8 nitrogen and oxygen atoms in total. The van der Waals surface area contributed by atoms with Gasteiger partial charge in [0.1, 0.15) is 11.4 Å². The van der Waals surface area contributed by atoms with E-state index >= 15 is 0 Å². The molecule has 2 aromatic heterocycles. The molecule has 1 amide bonds. The van der Waals surface area contributed by atoms with E-state index in [0.29, 0.717) is 5.69 Å². The Labute approximate surface area is 160 Å². The molecule has 3 N–H and O–H groups in total. The molecule has 0 atom stereocenters. The van der Waals surface area contributed by atoms with Gasteiger partial charge < -0.3 is 5.11 Å². The number of hydrazine groups is 1. The van der Waals surface area contributed by atoms with Crippen LogP contribution in [0.25, 0.3) is 22.2 Å². The molecule has 0 fully saturated rings. The summed E-state index contributed by atoms with van der Waals surface area (Å²) >= 11 is 0. The van der Waals surface area contributed by atoms with Crippen molar-refractivity contribution in [3.63, 3.8) is 0 Å². The van der Waals surface area contributed by atoms with Gasteiger partial charge in [-0.2, -0.15) is 0 Å². The second-order valence-corrected chi connectivity index (χ2v) is 6.09. The zero-order valence-corrected chi connectivity index (χ0v) is 14.7. The SMILES string of the molecule is O=C(Cc1ccc2ncccc2c1)NNc1ncc(-c2ccc(O)cc2)nn1. The van der Waals surface area contributed by atoms with Crippen molar-refractivity contribution in [2.75, 3.05) is 5.43 Å². The molecule has 0 aliphatic carbocycles. The van der Waals surface area contributed by atoms with Gasteiger partial charge in [-0.05, 0) is 48.0 Å². The second kappa shape index (κ2) is 7.67. The highest BCUT2D eigenvalue weighted by atomic mass is 16.3. The second-order valence-electron chi connectivity index (χ2n) is 6.09. The Morgan fingerprint density at radius 3 is 2.64 bits per heavy atom. The van der Waals surface area contributed by atoms with E-state index in [2.05, 4.69) is 31.0 Å². The molecule has 28 heavy (non-hydrogen) atoms. The van der Waals surface area contributed by atoms with Crippen LogP contribution in [0.3, 0.4) is 0 Å². The number of aromatic hydroxyl groups is 1. The molecular formula is C20H16N6O2. The standard InChI is InChI=1S/C20H16N6O2/c27-16-6-4-14(5-7-16)18-12-22-20(25-23-18)26-24-19(28)11-13-3-8-17-15(10-13)2-1-9-21-17/h1-10,12,27H,11H2,(H,24,28)(H,22,25,26). The third-order valence-corrected chi connectivity index (χ3v) is 4.07. The third kappa shape index (κ3) is 4.01. The minimum atomic E-state index is -0.227. The van der Waals surface area contributed by atoms with E-state index in [9.17, 15) is 9.90 Å². The zero-order chi connectivity index (χ0) is 19.3. The van der Waals surface area contributed by atoms with Gasteiger partial charge >= 0.3 is 0 Å². The van der Waals surface area contributed by atoms with E-state index < -0.39 is 0 Å². The molecule has 0 aliphatic rings. The first-order valence-corrected chi connectivity index (χ1v) is 8.55. The van der Waals surface area contributed by atoms with Crippen LogP contribution in [0.5, 0.6) is 5.75 Å². The average molecular weight is 372 g/mol. The monoisotopic (exact) mass is 372 g/mol. The van der Waals surface area contributed by atoms with E-state index in [-0.39, 0.29) is 24.0 Å². The fourth-order valence-electron chi connectivity index (χ4n) is 2.69. The lowest BCUT2D eigenvalue weighted by molar-refractivity contribution is -0.119. The summed E-state index contributed by atoms with van der Waals surface area (Å²) in [6.07, 6.45) is 3.47. The first kappa shape index (κ1) is 17.3. The number of hydrogen-bond donors (Lipinski definition) is 3. The maximum absolute atomic E-state index is 12.2. The summed E-state index contributed by atoms with van der Waals surface area (Å²) < 4.78 is 0. The normalized spacial score (nSPS) is 10.6. The van der Waals surface area contributed by atoms with Crippen molar-refractivity contribution in [1.29, 1.82) is 0 Å². The predicted molar refractivity (Wildman–Crippen MR) is 104 cm³/mol. The number of pyridine rings is 1. The number of aromatic nitrogens is 4. The zero-order valence-electron chi connectivity index (χ0n) is 14.7. The summed E-state index contributed by atoms with van der Waals surface area (Å²) in [5, 5.41) is 18.3. The van der Waals surface area contributed by atoms with Crippen molar-refractivity contribution in [2.24, 2.45) is 0 Å². The molecule has 4 aromatic rings. The minimum absolute atomic E-state index is 0.174. The molecule has 0 unspecified atom stereocenters. The van der Waals surface area contributed by atoms with Crippen molar-refractivity contribution < 1.29 is 9.90 Å². The fraction of sp³-hybridized carbons (Fsp3) is 0.0500. The number of rotatable bonds is 5. The van der Waals surface area contributed by atoms with Gasteiger partial charge in [0, 0.05) is 17.1 Å². The highest BCUT2D eigenvalue weighted by Crippen LogP contribution is 2.19. The van der Waals surface area contributed by atoms with Crippen LogP contribution >= 0.6 is 0 Å². The molecule has 0 spiro atoms. The molecule has 2 heterocycles. The number of fused-ring (bicyclic) bond motifs is 1. The Morgan fingerprint density at radius 1 is 1.00 bits per heavy atom. The van der Waals surface area contributed by atoms with Crippen LogP contribution in [-0.2, 0) is 11.2 Å². The highest BCUT2D eigenvalue weighted by molar-refractivity contribution is 5.83. The molecule has 138 valence electrons. The maximum Gasteiger partial charge on any atom is 0.261 e. The lowest BCUT2D eigenvalue weighted by Gasteiger charge is -2.07.